The molecule has 5 nitrogen and oxygen atoms in total. The number of hydrogen-bond donors (Lipinski definition) is 1. The van der Waals surface area contributed by atoms with Gasteiger partial charge in [-0.1, -0.05) is 20.8 Å². The summed E-state index contributed by atoms with van der Waals surface area (Å²) in [5.41, 5.74) is 0. The van der Waals surface area contributed by atoms with Gasteiger partial charge in [0, 0.05) is 26.2 Å². The first kappa shape index (κ1) is 19.4. The average Bonchev–Trinajstić information content (AvgIpc) is 2.48. The Hall–Kier alpha value is -0.650. The van der Waals surface area contributed by atoms with Gasteiger partial charge in [-0.2, -0.15) is 0 Å². The van der Waals surface area contributed by atoms with Crippen LogP contribution < -0.4 is 5.32 Å². The first-order valence-electron chi connectivity index (χ1n) is 7.68. The van der Waals surface area contributed by atoms with Gasteiger partial charge in [0.15, 0.2) is 0 Å². The minimum absolute atomic E-state index is 0.178. The van der Waals surface area contributed by atoms with Crippen LogP contribution in [0.15, 0.2) is 0 Å². The number of ether oxygens (including phenoxy) is 2. The molecule has 1 N–H and O–H groups in total. The summed E-state index contributed by atoms with van der Waals surface area (Å²) in [7, 11) is 3.16. The minimum atomic E-state index is -0.218. The molecule has 1 unspecified atom stereocenters. The fourth-order valence-electron chi connectivity index (χ4n) is 2.48. The topological polar surface area (TPSA) is 50.8 Å². The summed E-state index contributed by atoms with van der Waals surface area (Å²) in [5, 5.41) is 3.19. The zero-order valence-electron chi connectivity index (χ0n) is 13.8. The predicted octanol–water partition coefficient (Wildman–Crippen LogP) is 1.66. The number of nitrogens with one attached hydrogen (secondary N) is 1. The largest absolute Gasteiger partial charge is 0.468 e. The minimum Gasteiger partial charge on any atom is -0.468 e. The molecule has 0 heterocycles. The molecule has 0 bridgehead atoms. The van der Waals surface area contributed by atoms with E-state index in [0.717, 1.165) is 45.5 Å². The summed E-state index contributed by atoms with van der Waals surface area (Å²) in [6.07, 6.45) is 3.00. The van der Waals surface area contributed by atoms with Crippen molar-refractivity contribution in [3.05, 3.63) is 0 Å². The molecule has 20 heavy (non-hydrogen) atoms. The van der Waals surface area contributed by atoms with E-state index in [-0.39, 0.29) is 12.0 Å². The lowest BCUT2D eigenvalue weighted by Gasteiger charge is -2.31. The normalized spacial score (nSPS) is 12.9. The van der Waals surface area contributed by atoms with Crippen molar-refractivity contribution in [1.82, 2.24) is 10.2 Å². The van der Waals surface area contributed by atoms with E-state index in [2.05, 4.69) is 24.1 Å². The highest BCUT2D eigenvalue weighted by Crippen LogP contribution is 2.10. The molecule has 1 atom stereocenters. The van der Waals surface area contributed by atoms with Crippen LogP contribution in [0.25, 0.3) is 0 Å². The lowest BCUT2D eigenvalue weighted by atomic mass is 10.1. The molecule has 0 aromatic rings. The highest BCUT2D eigenvalue weighted by atomic mass is 16.5. The summed E-state index contributed by atoms with van der Waals surface area (Å²) < 4.78 is 10.0. The first-order valence-corrected chi connectivity index (χ1v) is 7.68. The van der Waals surface area contributed by atoms with Gasteiger partial charge in [-0.25, -0.2) is 0 Å². The van der Waals surface area contributed by atoms with Gasteiger partial charge in [0.05, 0.1) is 13.7 Å². The Balaban J connectivity index is 4.49. The Kier molecular flexibility index (Phi) is 11.7. The summed E-state index contributed by atoms with van der Waals surface area (Å²) in [6.45, 7) is 9.68. The molecule has 0 saturated heterocycles. The Morgan fingerprint density at radius 3 is 2.25 bits per heavy atom. The van der Waals surface area contributed by atoms with E-state index in [1.54, 1.807) is 7.11 Å². The number of hydrogen-bond acceptors (Lipinski definition) is 5. The van der Waals surface area contributed by atoms with Crippen LogP contribution in [-0.4, -0.2) is 63.4 Å². The number of nitrogens with zero attached hydrogens (tertiary/aromatic N) is 1. The van der Waals surface area contributed by atoms with E-state index in [1.165, 1.54) is 7.11 Å². The Labute approximate surface area is 124 Å². The molecule has 0 aromatic heterocycles. The number of esters is 1. The van der Waals surface area contributed by atoms with Crippen molar-refractivity contribution in [2.24, 2.45) is 0 Å². The third-order valence-corrected chi connectivity index (χ3v) is 3.68. The maximum Gasteiger partial charge on any atom is 0.322 e. The molecule has 0 spiro atoms. The van der Waals surface area contributed by atoms with Crippen LogP contribution in [0.2, 0.25) is 0 Å². The summed E-state index contributed by atoms with van der Waals surface area (Å²) in [6, 6.07) is 0.328. The van der Waals surface area contributed by atoms with Crippen molar-refractivity contribution in [1.29, 1.82) is 0 Å². The van der Waals surface area contributed by atoms with Crippen molar-refractivity contribution in [3.8, 4) is 0 Å². The number of rotatable bonds is 12. The molecule has 0 aliphatic rings. The third-order valence-electron chi connectivity index (χ3n) is 3.68. The van der Waals surface area contributed by atoms with E-state index in [0.29, 0.717) is 6.04 Å². The van der Waals surface area contributed by atoms with Crippen LogP contribution in [0.5, 0.6) is 0 Å². The van der Waals surface area contributed by atoms with Gasteiger partial charge in [0.1, 0.15) is 6.04 Å². The van der Waals surface area contributed by atoms with Crippen LogP contribution in [0.3, 0.4) is 0 Å². The standard InChI is InChI=1S/C15H32N2O3/c1-6-13(7-2)17(11-12-19-4)10-9-14(16-8-3)15(18)20-5/h13-14,16H,6-12H2,1-5H3. The van der Waals surface area contributed by atoms with Gasteiger partial charge in [-0.15, -0.1) is 0 Å². The molecular weight excluding hydrogens is 256 g/mol. The monoisotopic (exact) mass is 288 g/mol. The summed E-state index contributed by atoms with van der Waals surface area (Å²) in [4.78, 5) is 14.1. The van der Waals surface area contributed by atoms with E-state index in [4.69, 9.17) is 9.47 Å². The fraction of sp³-hybridized carbons (Fsp3) is 0.933. The van der Waals surface area contributed by atoms with Crippen LogP contribution in [0.1, 0.15) is 40.0 Å². The van der Waals surface area contributed by atoms with E-state index in [9.17, 15) is 4.79 Å². The Morgan fingerprint density at radius 2 is 1.80 bits per heavy atom. The number of likely N-dealkylation sites (N-methyl/N-ethyl adjacent to an activating group) is 1. The number of carbonyl (C=O) groups is 1. The molecule has 120 valence electrons. The van der Waals surface area contributed by atoms with Crippen molar-refractivity contribution >= 4 is 5.97 Å². The second-order valence-electron chi connectivity index (χ2n) is 4.92. The predicted molar refractivity (Wildman–Crippen MR) is 81.9 cm³/mol. The van der Waals surface area contributed by atoms with Crippen molar-refractivity contribution < 1.29 is 14.3 Å². The quantitative estimate of drug-likeness (QED) is 0.554. The van der Waals surface area contributed by atoms with Crippen molar-refractivity contribution in [3.63, 3.8) is 0 Å². The lowest BCUT2D eigenvalue weighted by molar-refractivity contribution is -0.143. The smallest absolute Gasteiger partial charge is 0.322 e. The summed E-state index contributed by atoms with van der Waals surface area (Å²) >= 11 is 0. The lowest BCUT2D eigenvalue weighted by Crippen LogP contribution is -2.43. The highest BCUT2D eigenvalue weighted by molar-refractivity contribution is 5.75. The number of methoxy groups -OCH3 is 2. The maximum absolute atomic E-state index is 11.7. The van der Waals surface area contributed by atoms with Crippen molar-refractivity contribution in [2.45, 2.75) is 52.1 Å². The van der Waals surface area contributed by atoms with Gasteiger partial charge in [0.25, 0.3) is 0 Å². The second kappa shape index (κ2) is 12.1. The third kappa shape index (κ3) is 7.22. The fourth-order valence-corrected chi connectivity index (χ4v) is 2.48. The SMILES string of the molecule is CCNC(CCN(CCOC)C(CC)CC)C(=O)OC. The molecule has 5 heteroatoms. The molecule has 0 radical (unpaired) electrons. The molecule has 0 fully saturated rings. The van der Waals surface area contributed by atoms with Gasteiger partial charge >= 0.3 is 5.97 Å². The zero-order valence-corrected chi connectivity index (χ0v) is 13.8. The van der Waals surface area contributed by atoms with Crippen molar-refractivity contribution in [2.75, 3.05) is 40.5 Å². The maximum atomic E-state index is 11.7. The average molecular weight is 288 g/mol. The molecule has 0 aliphatic heterocycles. The molecular formula is C15H32N2O3. The van der Waals surface area contributed by atoms with Gasteiger partial charge in [-0.3, -0.25) is 9.69 Å². The van der Waals surface area contributed by atoms with E-state index < -0.39 is 0 Å². The molecule has 0 aliphatic carbocycles. The van der Waals surface area contributed by atoms with Gasteiger partial charge < -0.3 is 14.8 Å². The molecule has 0 aromatic carbocycles. The van der Waals surface area contributed by atoms with Crippen LogP contribution in [0.4, 0.5) is 0 Å². The highest BCUT2D eigenvalue weighted by Gasteiger charge is 2.21. The van der Waals surface area contributed by atoms with Gasteiger partial charge in [0.2, 0.25) is 0 Å². The number of carbonyl (C=O) groups excluding carboxylic acids is 1. The van der Waals surface area contributed by atoms with E-state index >= 15 is 0 Å². The summed E-state index contributed by atoms with van der Waals surface area (Å²) in [5.74, 6) is -0.178. The van der Waals surface area contributed by atoms with E-state index in [1.807, 2.05) is 6.92 Å². The molecule has 0 rings (SSSR count). The van der Waals surface area contributed by atoms with Gasteiger partial charge in [-0.05, 0) is 25.8 Å². The first-order chi connectivity index (χ1) is 9.64. The van der Waals surface area contributed by atoms with Crippen LogP contribution in [0, 0.1) is 0 Å². The Bertz CT molecular complexity index is 245. The molecule has 0 amide bonds. The van der Waals surface area contributed by atoms with Crippen LogP contribution in [-0.2, 0) is 14.3 Å². The Morgan fingerprint density at radius 1 is 1.15 bits per heavy atom. The van der Waals surface area contributed by atoms with Crippen LogP contribution >= 0.6 is 0 Å². The zero-order chi connectivity index (χ0) is 15.4. The molecule has 0 saturated carbocycles. The second-order valence-corrected chi connectivity index (χ2v) is 4.92.